The largest absolute Gasteiger partial charge is 0.394 e. The average Bonchev–Trinajstić information content (AvgIpc) is 1.83. The van der Waals surface area contributed by atoms with E-state index in [1.165, 1.54) is 0 Å². The molecule has 5 nitrogen and oxygen atoms in total. The summed E-state index contributed by atoms with van der Waals surface area (Å²) in [6.45, 7) is 0.276. The van der Waals surface area contributed by atoms with Crippen LogP contribution in [-0.4, -0.2) is 24.2 Å². The van der Waals surface area contributed by atoms with Crippen LogP contribution >= 0.6 is 12.4 Å². The molecule has 0 saturated carbocycles. The summed E-state index contributed by atoms with van der Waals surface area (Å²) in [7, 11) is 0. The van der Waals surface area contributed by atoms with E-state index in [1.54, 1.807) is 0 Å². The van der Waals surface area contributed by atoms with Gasteiger partial charge >= 0.3 is 0 Å². The van der Waals surface area contributed by atoms with E-state index >= 15 is 0 Å². The van der Waals surface area contributed by atoms with E-state index in [0.29, 0.717) is 0 Å². The molecule has 0 aromatic heterocycles. The van der Waals surface area contributed by atoms with Gasteiger partial charge in [-0.05, 0) is 0 Å². The second-order valence-corrected chi connectivity index (χ2v) is 1.13. The molecule has 0 aromatic carbocycles. The van der Waals surface area contributed by atoms with Gasteiger partial charge in [0.25, 0.3) is 0 Å². The van der Waals surface area contributed by atoms with E-state index in [-0.39, 0.29) is 31.5 Å². The third-order valence-electron chi connectivity index (χ3n) is 0.530. The van der Waals surface area contributed by atoms with Crippen LogP contribution < -0.4 is 17.0 Å². The van der Waals surface area contributed by atoms with Crippen molar-refractivity contribution in [3.8, 4) is 0 Å². The topological polar surface area (TPSA) is 96.7 Å². The molecular formula is C3H11ClN4O. The lowest BCUT2D eigenvalue weighted by atomic mass is 10.7. The highest BCUT2D eigenvalue weighted by atomic mass is 35.5. The SMILES string of the molecule is Cl.NNC(N)=NCCO. The number of nitrogens with two attached hydrogens (primary N) is 2. The van der Waals surface area contributed by atoms with Gasteiger partial charge in [0, 0.05) is 0 Å². The molecule has 0 radical (unpaired) electrons. The molecule has 0 aliphatic heterocycles. The normalized spacial score (nSPS) is 10.2. The van der Waals surface area contributed by atoms with E-state index in [2.05, 4.69) is 10.4 Å². The van der Waals surface area contributed by atoms with E-state index in [0.717, 1.165) is 0 Å². The Morgan fingerprint density at radius 3 is 2.56 bits per heavy atom. The van der Waals surface area contributed by atoms with Crippen LogP contribution in [0.1, 0.15) is 0 Å². The summed E-state index contributed by atoms with van der Waals surface area (Å²) >= 11 is 0. The zero-order chi connectivity index (χ0) is 6.41. The highest BCUT2D eigenvalue weighted by Crippen LogP contribution is 1.63. The summed E-state index contributed by atoms with van der Waals surface area (Å²) < 4.78 is 0. The van der Waals surface area contributed by atoms with Crippen molar-refractivity contribution in [2.45, 2.75) is 0 Å². The first-order chi connectivity index (χ1) is 3.81. The minimum atomic E-state index is -0.0115. The van der Waals surface area contributed by atoms with Crippen LogP contribution in [0.4, 0.5) is 0 Å². The summed E-state index contributed by atoms with van der Waals surface area (Å²) in [5, 5.41) is 8.18. The third kappa shape index (κ3) is 7.48. The Bertz CT molecular complexity index is 85.9. The molecule has 0 unspecified atom stereocenters. The predicted octanol–water partition coefficient (Wildman–Crippen LogP) is -1.82. The van der Waals surface area contributed by atoms with Crippen molar-refractivity contribution in [2.24, 2.45) is 16.6 Å². The fourth-order valence-electron chi connectivity index (χ4n) is 0.216. The van der Waals surface area contributed by atoms with E-state index in [1.807, 2.05) is 0 Å². The van der Waals surface area contributed by atoms with Crippen LogP contribution in [0.5, 0.6) is 0 Å². The Kier molecular flexibility index (Phi) is 9.39. The van der Waals surface area contributed by atoms with E-state index < -0.39 is 0 Å². The number of guanidine groups is 1. The summed E-state index contributed by atoms with van der Waals surface area (Å²) in [5.74, 6) is 4.96. The molecule has 0 spiro atoms. The number of nitrogens with one attached hydrogen (secondary N) is 1. The number of nitrogens with zero attached hydrogens (tertiary/aromatic N) is 1. The van der Waals surface area contributed by atoms with Gasteiger partial charge in [0.1, 0.15) is 0 Å². The lowest BCUT2D eigenvalue weighted by molar-refractivity contribution is 0.306. The maximum Gasteiger partial charge on any atom is 0.203 e. The molecule has 0 aliphatic rings. The second-order valence-electron chi connectivity index (χ2n) is 1.13. The van der Waals surface area contributed by atoms with Crippen molar-refractivity contribution in [2.75, 3.05) is 13.2 Å². The van der Waals surface area contributed by atoms with Crippen molar-refractivity contribution in [1.82, 2.24) is 5.43 Å². The van der Waals surface area contributed by atoms with Crippen molar-refractivity contribution >= 4 is 18.4 Å². The molecule has 6 heteroatoms. The molecule has 0 heterocycles. The molecule has 0 atom stereocenters. The fraction of sp³-hybridized carbons (Fsp3) is 0.667. The average molecular weight is 155 g/mol. The Hall–Kier alpha value is -0.520. The summed E-state index contributed by atoms with van der Waals surface area (Å²) in [4.78, 5) is 3.57. The number of rotatable bonds is 2. The van der Waals surface area contributed by atoms with Gasteiger partial charge in [-0.15, -0.1) is 12.4 Å². The molecule has 9 heavy (non-hydrogen) atoms. The second kappa shape index (κ2) is 7.48. The number of aliphatic imine (C=N–C) groups is 1. The lowest BCUT2D eigenvalue weighted by Crippen LogP contribution is -2.37. The summed E-state index contributed by atoms with van der Waals surface area (Å²) in [6, 6.07) is 0. The fourth-order valence-corrected chi connectivity index (χ4v) is 0.216. The summed E-state index contributed by atoms with van der Waals surface area (Å²) in [6.07, 6.45) is 0. The van der Waals surface area contributed by atoms with Gasteiger partial charge in [-0.1, -0.05) is 0 Å². The van der Waals surface area contributed by atoms with E-state index in [9.17, 15) is 0 Å². The standard InChI is InChI=1S/C3H10N4O.ClH/c4-3(7-5)6-1-2-8;/h8H,1-2,5H2,(H3,4,6,7);1H. The first-order valence-corrected chi connectivity index (χ1v) is 2.18. The maximum absolute atomic E-state index is 8.18. The Labute approximate surface area is 59.5 Å². The van der Waals surface area contributed by atoms with Crippen LogP contribution in [0.25, 0.3) is 0 Å². The number of aliphatic hydroxyl groups excluding tert-OH is 1. The molecule has 6 N–H and O–H groups in total. The zero-order valence-electron chi connectivity index (χ0n) is 4.87. The Morgan fingerprint density at radius 1 is 1.67 bits per heavy atom. The van der Waals surface area contributed by atoms with E-state index in [4.69, 9.17) is 16.7 Å². The van der Waals surface area contributed by atoms with Crippen LogP contribution in [0.3, 0.4) is 0 Å². The lowest BCUT2D eigenvalue weighted by Gasteiger charge is -1.94. The maximum atomic E-state index is 8.18. The van der Waals surface area contributed by atoms with Crippen molar-refractivity contribution < 1.29 is 5.11 Å². The van der Waals surface area contributed by atoms with Gasteiger partial charge < -0.3 is 10.8 Å². The number of hydrazine groups is 1. The van der Waals surface area contributed by atoms with Crippen molar-refractivity contribution in [3.63, 3.8) is 0 Å². The van der Waals surface area contributed by atoms with Gasteiger partial charge in [0.2, 0.25) is 5.96 Å². The van der Waals surface area contributed by atoms with Gasteiger partial charge in [-0.25, -0.2) is 10.8 Å². The van der Waals surface area contributed by atoms with Crippen LogP contribution in [0.15, 0.2) is 4.99 Å². The van der Waals surface area contributed by atoms with Gasteiger partial charge in [-0.3, -0.25) is 5.43 Å². The number of hydrogen-bond donors (Lipinski definition) is 4. The minimum absolute atomic E-state index is 0. The highest BCUT2D eigenvalue weighted by molar-refractivity contribution is 5.85. The molecular weight excluding hydrogens is 144 g/mol. The first-order valence-electron chi connectivity index (χ1n) is 2.18. The monoisotopic (exact) mass is 154 g/mol. The highest BCUT2D eigenvalue weighted by Gasteiger charge is 1.80. The number of hydrogen-bond acceptors (Lipinski definition) is 3. The minimum Gasteiger partial charge on any atom is -0.394 e. The van der Waals surface area contributed by atoms with Crippen molar-refractivity contribution in [1.29, 1.82) is 0 Å². The number of halogens is 1. The first kappa shape index (κ1) is 11.3. The van der Waals surface area contributed by atoms with Crippen molar-refractivity contribution in [3.05, 3.63) is 0 Å². The molecule has 0 saturated heterocycles. The van der Waals surface area contributed by atoms with Gasteiger partial charge in [0.05, 0.1) is 13.2 Å². The molecule has 0 rings (SSSR count). The van der Waals surface area contributed by atoms with Crippen LogP contribution in [-0.2, 0) is 0 Å². The van der Waals surface area contributed by atoms with Gasteiger partial charge in [0.15, 0.2) is 0 Å². The zero-order valence-corrected chi connectivity index (χ0v) is 5.69. The molecule has 0 fully saturated rings. The van der Waals surface area contributed by atoms with Gasteiger partial charge in [-0.2, -0.15) is 0 Å². The Morgan fingerprint density at radius 2 is 2.22 bits per heavy atom. The molecule has 0 amide bonds. The van der Waals surface area contributed by atoms with Crippen LogP contribution in [0.2, 0.25) is 0 Å². The quantitative estimate of drug-likeness (QED) is 0.163. The van der Waals surface area contributed by atoms with Crippen LogP contribution in [0, 0.1) is 0 Å². The predicted molar refractivity (Wildman–Crippen MR) is 38.1 cm³/mol. The molecule has 0 bridgehead atoms. The Balaban J connectivity index is 0. The molecule has 0 aromatic rings. The smallest absolute Gasteiger partial charge is 0.203 e. The molecule has 0 aliphatic carbocycles. The molecule has 56 valence electrons. The third-order valence-corrected chi connectivity index (χ3v) is 0.530. The number of aliphatic hydroxyl groups is 1. The summed E-state index contributed by atoms with van der Waals surface area (Å²) in [5.41, 5.74) is 7.18.